The molecule has 2 rings (SSSR count). The molecule has 0 aliphatic heterocycles. The van der Waals surface area contributed by atoms with Crippen LogP contribution in [0.4, 0.5) is 0 Å². The van der Waals surface area contributed by atoms with Gasteiger partial charge in [-0.15, -0.1) is 0 Å². The molecule has 4 nitrogen and oxygen atoms in total. The van der Waals surface area contributed by atoms with Gasteiger partial charge >= 0.3 is 5.97 Å². The highest BCUT2D eigenvalue weighted by atomic mass is 16.6. The lowest BCUT2D eigenvalue weighted by Crippen LogP contribution is -2.41. The number of rotatable bonds is 7. The minimum absolute atomic E-state index is 0.215. The quantitative estimate of drug-likeness (QED) is 0.787. The third kappa shape index (κ3) is 4.68. The summed E-state index contributed by atoms with van der Waals surface area (Å²) in [5, 5.41) is 11.3. The lowest BCUT2D eigenvalue weighted by Gasteiger charge is -2.31. The molecule has 0 aliphatic carbocycles. The highest BCUT2D eigenvalue weighted by Gasteiger charge is 2.42. The second-order valence-corrected chi connectivity index (χ2v) is 7.42. The number of hydrogen-bond acceptors (Lipinski definition) is 4. The summed E-state index contributed by atoms with van der Waals surface area (Å²) in [6.07, 6.45) is 0. The van der Waals surface area contributed by atoms with E-state index in [-0.39, 0.29) is 12.0 Å². The summed E-state index contributed by atoms with van der Waals surface area (Å²) >= 11 is 0. The van der Waals surface area contributed by atoms with E-state index in [9.17, 15) is 9.90 Å². The molecule has 1 N–H and O–H groups in total. The zero-order chi connectivity index (χ0) is 18.5. The van der Waals surface area contributed by atoms with E-state index in [1.54, 1.807) is 48.5 Å². The molecule has 0 unspecified atom stereocenters. The molecule has 0 saturated heterocycles. The Bertz CT molecular complexity index is 641. The fourth-order valence-corrected chi connectivity index (χ4v) is 3.03. The molecule has 0 radical (unpaired) electrons. The molecular formula is C21H27NO3. The molecule has 0 amide bonds. The van der Waals surface area contributed by atoms with Gasteiger partial charge < -0.3 is 14.7 Å². The van der Waals surface area contributed by atoms with Gasteiger partial charge in [-0.2, -0.15) is 0 Å². The highest BCUT2D eigenvalue weighted by molar-refractivity contribution is 5.85. The SMILES string of the molecule is CN(C)CC(C)(C)COC(=O)C(O)(c1ccccc1)c1ccccc1. The Hall–Kier alpha value is -2.17. The smallest absolute Gasteiger partial charge is 0.347 e. The number of ether oxygens (including phenoxy) is 1. The first-order chi connectivity index (χ1) is 11.8. The number of hydrogen-bond donors (Lipinski definition) is 1. The van der Waals surface area contributed by atoms with Crippen LogP contribution in [-0.4, -0.2) is 43.2 Å². The molecule has 0 aromatic heterocycles. The number of nitrogens with zero attached hydrogens (tertiary/aromatic N) is 1. The van der Waals surface area contributed by atoms with Gasteiger partial charge in [0, 0.05) is 12.0 Å². The Labute approximate surface area is 150 Å². The van der Waals surface area contributed by atoms with Gasteiger partial charge in [0.05, 0.1) is 6.61 Å². The maximum absolute atomic E-state index is 12.9. The Morgan fingerprint density at radius 1 is 0.960 bits per heavy atom. The van der Waals surface area contributed by atoms with E-state index < -0.39 is 11.6 Å². The van der Waals surface area contributed by atoms with Crippen molar-refractivity contribution in [3.05, 3.63) is 71.8 Å². The highest BCUT2D eigenvalue weighted by Crippen LogP contribution is 2.31. The Balaban J connectivity index is 2.29. The summed E-state index contributed by atoms with van der Waals surface area (Å²) in [7, 11) is 3.96. The first-order valence-electron chi connectivity index (χ1n) is 8.41. The molecule has 134 valence electrons. The van der Waals surface area contributed by atoms with E-state index in [4.69, 9.17) is 4.74 Å². The predicted octanol–water partition coefficient (Wildman–Crippen LogP) is 3.05. The zero-order valence-corrected chi connectivity index (χ0v) is 15.4. The van der Waals surface area contributed by atoms with Gasteiger partial charge in [0.2, 0.25) is 5.60 Å². The molecule has 0 atom stereocenters. The zero-order valence-electron chi connectivity index (χ0n) is 15.4. The summed E-state index contributed by atoms with van der Waals surface area (Å²) in [6, 6.07) is 17.8. The molecular weight excluding hydrogens is 314 g/mol. The Morgan fingerprint density at radius 3 is 1.80 bits per heavy atom. The van der Waals surface area contributed by atoms with Crippen LogP contribution in [0.3, 0.4) is 0 Å². The number of benzene rings is 2. The fraction of sp³-hybridized carbons (Fsp3) is 0.381. The van der Waals surface area contributed by atoms with Crippen molar-refractivity contribution in [3.8, 4) is 0 Å². The van der Waals surface area contributed by atoms with Crippen molar-refractivity contribution in [1.29, 1.82) is 0 Å². The molecule has 0 fully saturated rings. The van der Waals surface area contributed by atoms with Gasteiger partial charge in [-0.05, 0) is 25.2 Å². The monoisotopic (exact) mass is 341 g/mol. The molecule has 0 saturated carbocycles. The van der Waals surface area contributed by atoms with Crippen molar-refractivity contribution in [2.45, 2.75) is 19.4 Å². The maximum Gasteiger partial charge on any atom is 0.347 e. The first kappa shape index (κ1) is 19.2. The molecule has 4 heteroatoms. The van der Waals surface area contributed by atoms with Crippen LogP contribution in [-0.2, 0) is 15.1 Å². The lowest BCUT2D eigenvalue weighted by molar-refractivity contribution is -0.165. The largest absolute Gasteiger partial charge is 0.462 e. The van der Waals surface area contributed by atoms with Crippen LogP contribution in [0.15, 0.2) is 60.7 Å². The van der Waals surface area contributed by atoms with E-state index in [2.05, 4.69) is 4.90 Å². The van der Waals surface area contributed by atoms with Crippen LogP contribution in [0.5, 0.6) is 0 Å². The van der Waals surface area contributed by atoms with Crippen molar-refractivity contribution in [1.82, 2.24) is 4.90 Å². The number of carbonyl (C=O) groups excluding carboxylic acids is 1. The second-order valence-electron chi connectivity index (χ2n) is 7.42. The van der Waals surface area contributed by atoms with E-state index >= 15 is 0 Å². The normalized spacial score (nSPS) is 12.2. The summed E-state index contributed by atoms with van der Waals surface area (Å²) in [5.74, 6) is -0.656. The summed E-state index contributed by atoms with van der Waals surface area (Å²) in [4.78, 5) is 15.0. The van der Waals surface area contributed by atoms with Gasteiger partial charge in [0.1, 0.15) is 0 Å². The van der Waals surface area contributed by atoms with Crippen LogP contribution in [0.1, 0.15) is 25.0 Å². The minimum atomic E-state index is -1.82. The molecule has 25 heavy (non-hydrogen) atoms. The number of carbonyl (C=O) groups is 1. The fourth-order valence-electron chi connectivity index (χ4n) is 3.03. The molecule has 2 aromatic rings. The maximum atomic E-state index is 12.9. The average Bonchev–Trinajstić information content (AvgIpc) is 2.59. The number of aliphatic hydroxyl groups is 1. The third-order valence-corrected chi connectivity index (χ3v) is 4.02. The minimum Gasteiger partial charge on any atom is -0.462 e. The van der Waals surface area contributed by atoms with Gasteiger partial charge in [0.25, 0.3) is 0 Å². The molecule has 0 bridgehead atoms. The standard InChI is InChI=1S/C21H27NO3/c1-20(2,15-22(3)4)16-25-19(23)21(24,17-11-7-5-8-12-17)18-13-9-6-10-14-18/h5-14,24H,15-16H2,1-4H3. The topological polar surface area (TPSA) is 49.8 Å². The van der Waals surface area contributed by atoms with Crippen LogP contribution in [0, 0.1) is 5.41 Å². The van der Waals surface area contributed by atoms with Gasteiger partial charge in [-0.1, -0.05) is 74.5 Å². The van der Waals surface area contributed by atoms with Gasteiger partial charge in [-0.3, -0.25) is 0 Å². The lowest BCUT2D eigenvalue weighted by atomic mass is 9.86. The van der Waals surface area contributed by atoms with Crippen LogP contribution < -0.4 is 0 Å². The van der Waals surface area contributed by atoms with Gasteiger partial charge in [0.15, 0.2) is 0 Å². The van der Waals surface area contributed by atoms with E-state index in [0.717, 1.165) is 6.54 Å². The third-order valence-electron chi connectivity index (χ3n) is 4.02. The summed E-state index contributed by atoms with van der Waals surface area (Å²) < 4.78 is 5.57. The van der Waals surface area contributed by atoms with Crippen LogP contribution in [0.25, 0.3) is 0 Å². The van der Waals surface area contributed by atoms with Gasteiger partial charge in [-0.25, -0.2) is 4.79 Å². The van der Waals surface area contributed by atoms with Crippen molar-refractivity contribution in [2.24, 2.45) is 5.41 Å². The van der Waals surface area contributed by atoms with Crippen LogP contribution in [0.2, 0.25) is 0 Å². The first-order valence-corrected chi connectivity index (χ1v) is 8.41. The van der Waals surface area contributed by atoms with E-state index in [0.29, 0.717) is 11.1 Å². The molecule has 0 spiro atoms. The van der Waals surface area contributed by atoms with Crippen molar-refractivity contribution < 1.29 is 14.6 Å². The predicted molar refractivity (Wildman–Crippen MR) is 99.2 cm³/mol. The van der Waals surface area contributed by atoms with Crippen molar-refractivity contribution in [3.63, 3.8) is 0 Å². The molecule has 0 aliphatic rings. The Kier molecular flexibility index (Phi) is 5.98. The van der Waals surface area contributed by atoms with E-state index in [1.807, 2.05) is 40.1 Å². The van der Waals surface area contributed by atoms with Crippen molar-refractivity contribution in [2.75, 3.05) is 27.2 Å². The average molecular weight is 341 g/mol. The second kappa shape index (κ2) is 7.81. The summed E-state index contributed by atoms with van der Waals surface area (Å²) in [5.41, 5.74) is -1.04. The van der Waals surface area contributed by atoms with Crippen LogP contribution >= 0.6 is 0 Å². The van der Waals surface area contributed by atoms with E-state index in [1.165, 1.54) is 0 Å². The number of esters is 1. The van der Waals surface area contributed by atoms with Crippen molar-refractivity contribution >= 4 is 5.97 Å². The summed E-state index contributed by atoms with van der Waals surface area (Å²) in [6.45, 7) is 5.07. The molecule has 2 aromatic carbocycles. The Morgan fingerprint density at radius 2 is 1.40 bits per heavy atom. The molecule has 0 heterocycles.